The van der Waals surface area contributed by atoms with Crippen molar-refractivity contribution in [2.24, 2.45) is 0 Å². The zero-order valence-corrected chi connectivity index (χ0v) is 17.5. The Hall–Kier alpha value is -2.61. The second-order valence-corrected chi connectivity index (χ2v) is 8.09. The topological polar surface area (TPSA) is 99.8 Å². The Balaban J connectivity index is 1.73. The van der Waals surface area contributed by atoms with E-state index in [1.807, 2.05) is 32.0 Å². The molecule has 3 rings (SSSR count). The molecule has 1 saturated heterocycles. The third kappa shape index (κ3) is 4.53. The molecule has 0 radical (unpaired) electrons. The Bertz CT molecular complexity index is 812. The summed E-state index contributed by atoms with van der Waals surface area (Å²) in [5, 5.41) is 9.39. The lowest BCUT2D eigenvalue weighted by Gasteiger charge is -2.40. The maximum Gasteiger partial charge on any atom is 0.255 e. The highest BCUT2D eigenvalue weighted by Crippen LogP contribution is 2.32. The van der Waals surface area contributed by atoms with Crippen LogP contribution in [0, 0.1) is 6.92 Å². The lowest BCUT2D eigenvalue weighted by molar-refractivity contribution is -0.139. The highest BCUT2D eigenvalue weighted by atomic mass is 16.5. The van der Waals surface area contributed by atoms with Gasteiger partial charge in [0.2, 0.25) is 11.8 Å². The van der Waals surface area contributed by atoms with Gasteiger partial charge in [-0.1, -0.05) is 6.07 Å². The van der Waals surface area contributed by atoms with Crippen molar-refractivity contribution < 1.29 is 19.1 Å². The molecule has 1 aromatic rings. The van der Waals surface area contributed by atoms with E-state index in [4.69, 9.17) is 4.74 Å². The summed E-state index contributed by atoms with van der Waals surface area (Å²) in [7, 11) is 1.58. The Morgan fingerprint density at radius 3 is 2.76 bits per heavy atom. The molecule has 1 aromatic carbocycles. The highest BCUT2D eigenvalue weighted by molar-refractivity contribution is 6.02. The number of aryl methyl sites for hydroxylation is 1. The molecule has 3 amide bonds. The third-order valence-corrected chi connectivity index (χ3v) is 5.66. The SMILES string of the molecule is COCC(C)NC(=O)C(C)N1CCC2(CCC1=O)NC(=O)c1ccc(C)cc1N2. The number of ether oxygens (including phenoxy) is 1. The van der Waals surface area contributed by atoms with Crippen molar-refractivity contribution >= 4 is 23.4 Å². The van der Waals surface area contributed by atoms with Gasteiger partial charge in [0.15, 0.2) is 0 Å². The fraction of sp³-hybridized carbons (Fsp3) is 0.571. The Kier molecular flexibility index (Phi) is 6.12. The van der Waals surface area contributed by atoms with Crippen LogP contribution >= 0.6 is 0 Å². The van der Waals surface area contributed by atoms with E-state index in [9.17, 15) is 14.4 Å². The summed E-state index contributed by atoms with van der Waals surface area (Å²) in [6.07, 6.45) is 1.23. The van der Waals surface area contributed by atoms with E-state index >= 15 is 0 Å². The van der Waals surface area contributed by atoms with Crippen LogP contribution in [0.4, 0.5) is 5.69 Å². The van der Waals surface area contributed by atoms with Crippen molar-refractivity contribution in [2.45, 2.75) is 57.8 Å². The van der Waals surface area contributed by atoms with Crippen molar-refractivity contribution in [2.75, 3.05) is 25.6 Å². The van der Waals surface area contributed by atoms with Crippen LogP contribution in [-0.4, -0.2) is 60.6 Å². The number of methoxy groups -OCH3 is 1. The van der Waals surface area contributed by atoms with Gasteiger partial charge in [-0.3, -0.25) is 14.4 Å². The monoisotopic (exact) mass is 402 g/mol. The number of likely N-dealkylation sites (tertiary alicyclic amines) is 1. The van der Waals surface area contributed by atoms with Crippen molar-refractivity contribution in [3.05, 3.63) is 29.3 Å². The van der Waals surface area contributed by atoms with Crippen molar-refractivity contribution in [1.29, 1.82) is 0 Å². The van der Waals surface area contributed by atoms with Gasteiger partial charge in [-0.2, -0.15) is 0 Å². The summed E-state index contributed by atoms with van der Waals surface area (Å²) in [5.41, 5.74) is 1.76. The van der Waals surface area contributed by atoms with Gasteiger partial charge in [-0.15, -0.1) is 0 Å². The van der Waals surface area contributed by atoms with Gasteiger partial charge in [0.1, 0.15) is 11.7 Å². The first-order valence-electron chi connectivity index (χ1n) is 10.0. The molecule has 0 aromatic heterocycles. The van der Waals surface area contributed by atoms with E-state index in [-0.39, 0.29) is 30.2 Å². The van der Waals surface area contributed by atoms with Gasteiger partial charge in [-0.05, 0) is 44.9 Å². The van der Waals surface area contributed by atoms with Crippen molar-refractivity contribution in [3.63, 3.8) is 0 Å². The smallest absolute Gasteiger partial charge is 0.255 e. The average molecular weight is 402 g/mol. The molecule has 2 heterocycles. The predicted molar refractivity (Wildman–Crippen MR) is 110 cm³/mol. The lowest BCUT2D eigenvalue weighted by Crippen LogP contribution is -2.58. The predicted octanol–water partition coefficient (Wildman–Crippen LogP) is 1.40. The molecule has 3 N–H and O–H groups in total. The second-order valence-electron chi connectivity index (χ2n) is 8.09. The first-order valence-corrected chi connectivity index (χ1v) is 10.0. The first-order chi connectivity index (χ1) is 13.7. The van der Waals surface area contributed by atoms with E-state index in [0.29, 0.717) is 31.6 Å². The van der Waals surface area contributed by atoms with Gasteiger partial charge in [0, 0.05) is 38.2 Å². The number of hydrogen-bond acceptors (Lipinski definition) is 5. The molecule has 8 nitrogen and oxygen atoms in total. The molecular formula is C21H30N4O4. The standard InChI is InChI=1S/C21H30N4O4/c1-13-5-6-16-17(11-13)23-21(24-20(16)28)8-7-18(26)25(10-9-21)15(3)19(27)22-14(2)12-29-4/h5-6,11,14-15,23H,7-10,12H2,1-4H3,(H,22,27)(H,24,28). The van der Waals surface area contributed by atoms with E-state index in [1.54, 1.807) is 18.9 Å². The average Bonchev–Trinajstić information content (AvgIpc) is 2.80. The van der Waals surface area contributed by atoms with Crippen LogP contribution in [0.5, 0.6) is 0 Å². The van der Waals surface area contributed by atoms with Crippen LogP contribution in [0.25, 0.3) is 0 Å². The number of carbonyl (C=O) groups is 3. The molecule has 3 atom stereocenters. The molecule has 158 valence electrons. The maximum absolute atomic E-state index is 12.8. The summed E-state index contributed by atoms with van der Waals surface area (Å²) >= 11 is 0. The fourth-order valence-corrected chi connectivity index (χ4v) is 4.01. The van der Waals surface area contributed by atoms with Crippen LogP contribution in [0.1, 0.15) is 49.0 Å². The Labute approximate surface area is 171 Å². The molecule has 2 aliphatic heterocycles. The molecule has 0 saturated carbocycles. The minimum Gasteiger partial charge on any atom is -0.383 e. The molecule has 2 aliphatic rings. The number of hydrogen-bond donors (Lipinski definition) is 3. The van der Waals surface area contributed by atoms with Crippen LogP contribution in [0.2, 0.25) is 0 Å². The van der Waals surface area contributed by atoms with E-state index in [1.165, 1.54) is 0 Å². The molecule has 1 fully saturated rings. The summed E-state index contributed by atoms with van der Waals surface area (Å²) < 4.78 is 5.05. The maximum atomic E-state index is 12.8. The molecular weight excluding hydrogens is 372 g/mol. The van der Waals surface area contributed by atoms with Crippen LogP contribution in [-0.2, 0) is 14.3 Å². The fourth-order valence-electron chi connectivity index (χ4n) is 4.01. The quantitative estimate of drug-likeness (QED) is 0.691. The number of nitrogens with zero attached hydrogens (tertiary/aromatic N) is 1. The molecule has 1 spiro atoms. The molecule has 8 heteroatoms. The molecule has 3 unspecified atom stereocenters. The number of amides is 3. The zero-order chi connectivity index (χ0) is 21.2. The lowest BCUT2D eigenvalue weighted by atomic mass is 9.94. The first kappa shape index (κ1) is 21.1. The van der Waals surface area contributed by atoms with Crippen LogP contribution in [0.3, 0.4) is 0 Å². The summed E-state index contributed by atoms with van der Waals surface area (Å²) in [4.78, 5) is 39.6. The van der Waals surface area contributed by atoms with Gasteiger partial charge < -0.3 is 25.6 Å². The van der Waals surface area contributed by atoms with Crippen molar-refractivity contribution in [1.82, 2.24) is 15.5 Å². The third-order valence-electron chi connectivity index (χ3n) is 5.66. The Morgan fingerprint density at radius 2 is 2.03 bits per heavy atom. The number of nitrogens with one attached hydrogen (secondary N) is 3. The molecule has 0 bridgehead atoms. The summed E-state index contributed by atoms with van der Waals surface area (Å²) in [6, 6.07) is 4.93. The molecule has 29 heavy (non-hydrogen) atoms. The van der Waals surface area contributed by atoms with Gasteiger partial charge >= 0.3 is 0 Å². The minimum absolute atomic E-state index is 0.0880. The summed E-state index contributed by atoms with van der Waals surface area (Å²) in [5.74, 6) is -0.436. The van der Waals surface area contributed by atoms with Crippen molar-refractivity contribution in [3.8, 4) is 0 Å². The number of carbonyl (C=O) groups excluding carboxylic acids is 3. The molecule has 0 aliphatic carbocycles. The van der Waals surface area contributed by atoms with E-state index < -0.39 is 11.7 Å². The number of rotatable bonds is 5. The van der Waals surface area contributed by atoms with Crippen LogP contribution in [0.15, 0.2) is 18.2 Å². The summed E-state index contributed by atoms with van der Waals surface area (Å²) in [6.45, 7) is 6.35. The zero-order valence-electron chi connectivity index (χ0n) is 17.5. The highest BCUT2D eigenvalue weighted by Gasteiger charge is 2.41. The minimum atomic E-state index is -0.693. The second kappa shape index (κ2) is 8.41. The Morgan fingerprint density at radius 1 is 1.28 bits per heavy atom. The number of benzene rings is 1. The van der Waals surface area contributed by atoms with Gasteiger partial charge in [0.25, 0.3) is 5.91 Å². The van der Waals surface area contributed by atoms with E-state index in [0.717, 1.165) is 11.3 Å². The van der Waals surface area contributed by atoms with Gasteiger partial charge in [0.05, 0.1) is 12.2 Å². The van der Waals surface area contributed by atoms with Gasteiger partial charge in [-0.25, -0.2) is 0 Å². The van der Waals surface area contributed by atoms with Crippen LogP contribution < -0.4 is 16.0 Å². The van der Waals surface area contributed by atoms with E-state index in [2.05, 4.69) is 16.0 Å². The largest absolute Gasteiger partial charge is 0.383 e. The normalized spacial score (nSPS) is 23.5. The number of fused-ring (bicyclic) bond motifs is 1. The number of anilines is 1.